The SMILES string of the molecule is CC#CCOP(=O)(O)Oc1ccccc1. The van der Waals surface area contributed by atoms with Crippen molar-refractivity contribution in [1.29, 1.82) is 0 Å². The summed E-state index contributed by atoms with van der Waals surface area (Å²) in [6.45, 7) is 1.49. The molecule has 80 valence electrons. The normalized spacial score (nSPS) is 13.5. The summed E-state index contributed by atoms with van der Waals surface area (Å²) in [6.07, 6.45) is 0. The van der Waals surface area contributed by atoms with Crippen molar-refractivity contribution in [1.82, 2.24) is 0 Å². The van der Waals surface area contributed by atoms with Crippen LogP contribution in [0.5, 0.6) is 5.75 Å². The van der Waals surface area contributed by atoms with Crippen molar-refractivity contribution in [2.75, 3.05) is 6.61 Å². The molecule has 0 fully saturated rings. The summed E-state index contributed by atoms with van der Waals surface area (Å²) >= 11 is 0. The van der Waals surface area contributed by atoms with Crippen LogP contribution in [-0.2, 0) is 9.09 Å². The molecule has 4 nitrogen and oxygen atoms in total. The minimum absolute atomic E-state index is 0.128. The van der Waals surface area contributed by atoms with Gasteiger partial charge < -0.3 is 4.52 Å². The third-order valence-electron chi connectivity index (χ3n) is 1.44. The van der Waals surface area contributed by atoms with Gasteiger partial charge in [-0.3, -0.25) is 9.42 Å². The molecule has 0 aliphatic carbocycles. The van der Waals surface area contributed by atoms with E-state index in [1.807, 2.05) is 0 Å². The summed E-state index contributed by atoms with van der Waals surface area (Å²) in [5, 5.41) is 0. The first-order valence-electron chi connectivity index (χ1n) is 4.25. The van der Waals surface area contributed by atoms with Crippen LogP contribution in [0.15, 0.2) is 30.3 Å². The Morgan fingerprint density at radius 3 is 2.67 bits per heavy atom. The molecule has 0 saturated heterocycles. The first-order valence-corrected chi connectivity index (χ1v) is 5.75. The second-order valence-corrected chi connectivity index (χ2v) is 3.95. The fourth-order valence-corrected chi connectivity index (χ4v) is 1.50. The second kappa shape index (κ2) is 5.57. The van der Waals surface area contributed by atoms with Gasteiger partial charge in [-0.25, -0.2) is 4.57 Å². The van der Waals surface area contributed by atoms with Gasteiger partial charge in [-0.15, -0.1) is 5.92 Å². The fourth-order valence-electron chi connectivity index (χ4n) is 0.827. The highest BCUT2D eigenvalue weighted by Crippen LogP contribution is 2.43. The Hall–Kier alpha value is -1.27. The molecular formula is C10H11O4P. The third kappa shape index (κ3) is 4.66. The van der Waals surface area contributed by atoms with Gasteiger partial charge in [-0.1, -0.05) is 24.1 Å². The molecule has 0 amide bonds. The maximum atomic E-state index is 11.3. The van der Waals surface area contributed by atoms with E-state index in [1.54, 1.807) is 37.3 Å². The van der Waals surface area contributed by atoms with E-state index in [9.17, 15) is 9.46 Å². The molecule has 1 aromatic carbocycles. The van der Waals surface area contributed by atoms with E-state index in [2.05, 4.69) is 16.4 Å². The van der Waals surface area contributed by atoms with E-state index < -0.39 is 7.82 Å². The first kappa shape index (κ1) is 11.8. The van der Waals surface area contributed by atoms with Crippen molar-refractivity contribution >= 4 is 7.82 Å². The highest BCUT2D eigenvalue weighted by atomic mass is 31.2. The molecule has 0 heterocycles. The monoisotopic (exact) mass is 226 g/mol. The van der Waals surface area contributed by atoms with Gasteiger partial charge in [0, 0.05) is 0 Å². The lowest BCUT2D eigenvalue weighted by atomic mass is 10.3. The Labute approximate surface area is 88.5 Å². The summed E-state index contributed by atoms with van der Waals surface area (Å²) in [5.74, 6) is 5.33. The van der Waals surface area contributed by atoms with E-state index in [-0.39, 0.29) is 12.4 Å². The zero-order chi connectivity index (χ0) is 11.1. The average molecular weight is 226 g/mol. The van der Waals surface area contributed by atoms with E-state index in [0.717, 1.165) is 0 Å². The molecule has 1 unspecified atom stereocenters. The molecule has 0 radical (unpaired) electrons. The van der Waals surface area contributed by atoms with Gasteiger partial charge >= 0.3 is 7.82 Å². The van der Waals surface area contributed by atoms with E-state index >= 15 is 0 Å². The van der Waals surface area contributed by atoms with Crippen LogP contribution in [0, 0.1) is 11.8 Å². The number of phosphoric ester groups is 1. The lowest BCUT2D eigenvalue weighted by molar-refractivity contribution is 0.225. The molecule has 0 spiro atoms. The highest BCUT2D eigenvalue weighted by Gasteiger charge is 2.21. The fraction of sp³-hybridized carbons (Fsp3) is 0.200. The Balaban J connectivity index is 2.55. The third-order valence-corrected chi connectivity index (χ3v) is 2.34. The van der Waals surface area contributed by atoms with Crippen molar-refractivity contribution in [3.05, 3.63) is 30.3 Å². The van der Waals surface area contributed by atoms with Gasteiger partial charge in [0.25, 0.3) is 0 Å². The molecule has 1 aromatic rings. The van der Waals surface area contributed by atoms with Gasteiger partial charge in [0.15, 0.2) is 0 Å². The number of hydrogen-bond donors (Lipinski definition) is 1. The van der Waals surface area contributed by atoms with Crippen molar-refractivity contribution in [2.24, 2.45) is 0 Å². The molecule has 5 heteroatoms. The van der Waals surface area contributed by atoms with Crippen LogP contribution in [0.4, 0.5) is 0 Å². The molecule has 0 bridgehead atoms. The van der Waals surface area contributed by atoms with Crippen LogP contribution < -0.4 is 4.52 Å². The largest absolute Gasteiger partial charge is 0.528 e. The van der Waals surface area contributed by atoms with E-state index in [1.165, 1.54) is 0 Å². The average Bonchev–Trinajstić information content (AvgIpc) is 2.18. The molecule has 15 heavy (non-hydrogen) atoms. The standard InChI is InChI=1S/C10H11O4P/c1-2-3-9-13-15(11,12)14-10-7-5-4-6-8-10/h4-8H,9H2,1H3,(H,11,12). The molecule has 0 saturated carbocycles. The van der Waals surface area contributed by atoms with E-state index in [0.29, 0.717) is 0 Å². The number of rotatable bonds is 4. The van der Waals surface area contributed by atoms with Crippen LogP contribution in [0.1, 0.15) is 6.92 Å². The van der Waals surface area contributed by atoms with Gasteiger partial charge in [-0.2, -0.15) is 0 Å². The van der Waals surface area contributed by atoms with Gasteiger partial charge in [0.2, 0.25) is 0 Å². The Morgan fingerprint density at radius 2 is 2.07 bits per heavy atom. The smallest absolute Gasteiger partial charge is 0.404 e. The molecular weight excluding hydrogens is 215 g/mol. The van der Waals surface area contributed by atoms with Crippen LogP contribution in [-0.4, -0.2) is 11.5 Å². The van der Waals surface area contributed by atoms with Crippen molar-refractivity contribution in [3.63, 3.8) is 0 Å². The van der Waals surface area contributed by atoms with Gasteiger partial charge in [0.05, 0.1) is 0 Å². The zero-order valence-corrected chi connectivity index (χ0v) is 9.11. The number of para-hydroxylation sites is 1. The van der Waals surface area contributed by atoms with Crippen molar-refractivity contribution in [3.8, 4) is 17.6 Å². The zero-order valence-electron chi connectivity index (χ0n) is 8.21. The van der Waals surface area contributed by atoms with Crippen LogP contribution >= 0.6 is 7.82 Å². The first-order chi connectivity index (χ1) is 7.14. The Bertz CT molecular complexity index is 404. The number of benzene rings is 1. The van der Waals surface area contributed by atoms with Gasteiger partial charge in [-0.05, 0) is 19.1 Å². The molecule has 0 aliphatic rings. The van der Waals surface area contributed by atoms with Crippen LogP contribution in [0.3, 0.4) is 0 Å². The maximum Gasteiger partial charge on any atom is 0.528 e. The van der Waals surface area contributed by atoms with Crippen molar-refractivity contribution < 1.29 is 18.5 Å². The quantitative estimate of drug-likeness (QED) is 0.631. The summed E-state index contributed by atoms with van der Waals surface area (Å²) in [7, 11) is -4.05. The summed E-state index contributed by atoms with van der Waals surface area (Å²) in [4.78, 5) is 9.24. The molecule has 0 aliphatic heterocycles. The molecule has 1 atom stereocenters. The molecule has 1 N–H and O–H groups in total. The van der Waals surface area contributed by atoms with Gasteiger partial charge in [0.1, 0.15) is 12.4 Å². The number of hydrogen-bond acceptors (Lipinski definition) is 3. The predicted octanol–water partition coefficient (Wildman–Crippen LogP) is 2.21. The Kier molecular flexibility index (Phi) is 4.38. The topological polar surface area (TPSA) is 55.8 Å². The summed E-state index contributed by atoms with van der Waals surface area (Å²) < 4.78 is 20.7. The molecule has 1 rings (SSSR count). The minimum Gasteiger partial charge on any atom is -0.404 e. The lowest BCUT2D eigenvalue weighted by Gasteiger charge is -2.10. The maximum absolute atomic E-state index is 11.3. The summed E-state index contributed by atoms with van der Waals surface area (Å²) in [6, 6.07) is 8.30. The molecule has 0 aromatic heterocycles. The van der Waals surface area contributed by atoms with Crippen LogP contribution in [0.2, 0.25) is 0 Å². The lowest BCUT2D eigenvalue weighted by Crippen LogP contribution is -1.97. The summed E-state index contributed by atoms with van der Waals surface area (Å²) in [5.41, 5.74) is 0. The Morgan fingerprint density at radius 1 is 1.40 bits per heavy atom. The van der Waals surface area contributed by atoms with Crippen LogP contribution in [0.25, 0.3) is 0 Å². The predicted molar refractivity (Wildman–Crippen MR) is 56.3 cm³/mol. The highest BCUT2D eigenvalue weighted by molar-refractivity contribution is 7.47. The minimum atomic E-state index is -4.05. The second-order valence-electron chi connectivity index (χ2n) is 2.57. The van der Waals surface area contributed by atoms with Crippen molar-refractivity contribution in [2.45, 2.75) is 6.92 Å². The number of phosphoric acid groups is 1. The van der Waals surface area contributed by atoms with E-state index in [4.69, 9.17) is 4.52 Å².